The fraction of sp³-hybridized carbons (Fsp3) is 0.364. The van der Waals surface area contributed by atoms with E-state index in [9.17, 15) is 4.79 Å². The lowest BCUT2D eigenvalue weighted by atomic mass is 10.0. The van der Waals surface area contributed by atoms with Gasteiger partial charge in [0.2, 0.25) is 0 Å². The summed E-state index contributed by atoms with van der Waals surface area (Å²) in [7, 11) is 1.59. The molecular formula is C11H12BrNO2. The second kappa shape index (κ2) is 3.61. The molecule has 2 N–H and O–H groups in total. The van der Waals surface area contributed by atoms with Gasteiger partial charge in [-0.05, 0) is 47.0 Å². The van der Waals surface area contributed by atoms with Crippen molar-refractivity contribution in [3.63, 3.8) is 0 Å². The molecule has 80 valence electrons. The van der Waals surface area contributed by atoms with E-state index in [1.807, 2.05) is 0 Å². The van der Waals surface area contributed by atoms with Crippen molar-refractivity contribution in [2.45, 2.75) is 18.4 Å². The van der Waals surface area contributed by atoms with Gasteiger partial charge in [-0.2, -0.15) is 0 Å². The fourth-order valence-electron chi connectivity index (χ4n) is 1.46. The Kier molecular flexibility index (Phi) is 2.56. The van der Waals surface area contributed by atoms with E-state index in [2.05, 4.69) is 15.9 Å². The molecule has 0 heterocycles. The molecule has 0 spiro atoms. The van der Waals surface area contributed by atoms with Crippen molar-refractivity contribution in [3.05, 3.63) is 28.2 Å². The highest BCUT2D eigenvalue weighted by atomic mass is 79.9. The van der Waals surface area contributed by atoms with Crippen molar-refractivity contribution in [3.8, 4) is 5.75 Å². The topological polar surface area (TPSA) is 52.3 Å². The number of nitrogens with two attached hydrogens (primary N) is 1. The normalized spacial score (nSPS) is 17.3. The number of benzene rings is 1. The van der Waals surface area contributed by atoms with Gasteiger partial charge in [-0.3, -0.25) is 4.79 Å². The molecule has 3 nitrogen and oxygen atoms in total. The first-order valence-corrected chi connectivity index (χ1v) is 5.53. The van der Waals surface area contributed by atoms with Crippen LogP contribution >= 0.6 is 15.9 Å². The molecule has 2 rings (SSSR count). The van der Waals surface area contributed by atoms with Crippen LogP contribution < -0.4 is 10.5 Å². The summed E-state index contributed by atoms with van der Waals surface area (Å²) in [6.45, 7) is 0. The molecule has 1 aliphatic rings. The van der Waals surface area contributed by atoms with Crippen molar-refractivity contribution in [1.29, 1.82) is 0 Å². The summed E-state index contributed by atoms with van der Waals surface area (Å²) in [6.07, 6.45) is 1.57. The third-order valence-corrected chi connectivity index (χ3v) is 3.27. The number of carbonyl (C=O) groups excluding carboxylic acids is 1. The second-order valence-electron chi connectivity index (χ2n) is 3.83. The molecule has 0 bridgehead atoms. The van der Waals surface area contributed by atoms with Crippen LogP contribution in [0.3, 0.4) is 0 Å². The van der Waals surface area contributed by atoms with E-state index in [-0.39, 0.29) is 5.78 Å². The summed E-state index contributed by atoms with van der Waals surface area (Å²) < 4.78 is 5.87. The van der Waals surface area contributed by atoms with Gasteiger partial charge < -0.3 is 10.5 Å². The zero-order valence-electron chi connectivity index (χ0n) is 8.42. The highest BCUT2D eigenvalue weighted by Gasteiger charge is 2.46. The van der Waals surface area contributed by atoms with E-state index in [1.54, 1.807) is 25.3 Å². The van der Waals surface area contributed by atoms with Gasteiger partial charge >= 0.3 is 0 Å². The molecule has 0 amide bonds. The maximum Gasteiger partial charge on any atom is 0.182 e. The number of rotatable bonds is 3. The minimum Gasteiger partial charge on any atom is -0.496 e. The first-order valence-electron chi connectivity index (χ1n) is 4.74. The van der Waals surface area contributed by atoms with Crippen LogP contribution in [0.1, 0.15) is 23.2 Å². The number of methoxy groups -OCH3 is 1. The third-order valence-electron chi connectivity index (χ3n) is 2.65. The minimum absolute atomic E-state index is 0.0193. The average molecular weight is 270 g/mol. The van der Waals surface area contributed by atoms with Crippen molar-refractivity contribution in [2.24, 2.45) is 5.73 Å². The summed E-state index contributed by atoms with van der Waals surface area (Å²) in [5.41, 5.74) is 5.88. The maximum atomic E-state index is 11.9. The molecule has 1 aliphatic carbocycles. The summed E-state index contributed by atoms with van der Waals surface area (Å²) in [4.78, 5) is 11.9. The van der Waals surface area contributed by atoms with Crippen molar-refractivity contribution >= 4 is 21.7 Å². The highest BCUT2D eigenvalue weighted by molar-refractivity contribution is 9.10. The van der Waals surface area contributed by atoms with E-state index in [1.165, 1.54) is 0 Å². The van der Waals surface area contributed by atoms with Gasteiger partial charge in [0.15, 0.2) is 5.78 Å². The van der Waals surface area contributed by atoms with Crippen molar-refractivity contribution < 1.29 is 9.53 Å². The largest absolute Gasteiger partial charge is 0.496 e. The van der Waals surface area contributed by atoms with Crippen LogP contribution in [-0.2, 0) is 0 Å². The van der Waals surface area contributed by atoms with Gasteiger partial charge in [0.1, 0.15) is 5.75 Å². The molecule has 0 saturated heterocycles. The Hall–Kier alpha value is -0.870. The molecule has 0 aliphatic heterocycles. The van der Waals surface area contributed by atoms with Crippen LogP contribution in [0.15, 0.2) is 22.7 Å². The number of Topliss-reactive ketones (excluding diaryl/α,β-unsaturated/α-hetero) is 1. The fourth-order valence-corrected chi connectivity index (χ4v) is 2.00. The van der Waals surface area contributed by atoms with Crippen molar-refractivity contribution in [2.75, 3.05) is 7.11 Å². The van der Waals surface area contributed by atoms with Crippen LogP contribution in [0.2, 0.25) is 0 Å². The van der Waals surface area contributed by atoms with E-state index >= 15 is 0 Å². The molecule has 1 aromatic carbocycles. The number of ketones is 1. The van der Waals surface area contributed by atoms with Gasteiger partial charge in [0, 0.05) is 5.56 Å². The number of hydrogen-bond donors (Lipinski definition) is 1. The van der Waals surface area contributed by atoms with E-state index in [0.29, 0.717) is 11.3 Å². The third kappa shape index (κ3) is 1.92. The summed E-state index contributed by atoms with van der Waals surface area (Å²) in [5.74, 6) is 0.735. The van der Waals surface area contributed by atoms with Crippen LogP contribution in [0.4, 0.5) is 0 Å². The molecule has 15 heavy (non-hydrogen) atoms. The maximum absolute atomic E-state index is 11.9. The second-order valence-corrected chi connectivity index (χ2v) is 4.69. The molecule has 4 heteroatoms. The minimum atomic E-state index is -0.603. The van der Waals surface area contributed by atoms with Gasteiger partial charge in [0.05, 0.1) is 17.1 Å². The Morgan fingerprint density at radius 2 is 2.20 bits per heavy atom. The van der Waals surface area contributed by atoms with Crippen LogP contribution in [-0.4, -0.2) is 18.4 Å². The van der Waals surface area contributed by atoms with Crippen LogP contribution in [0.5, 0.6) is 5.75 Å². The molecule has 1 aromatic rings. The SMILES string of the molecule is COc1ccc(C(=O)C2(N)CC2)cc1Br. The Balaban J connectivity index is 2.30. The van der Waals surface area contributed by atoms with Crippen LogP contribution in [0, 0.1) is 0 Å². The average Bonchev–Trinajstić information content (AvgIpc) is 2.96. The lowest BCUT2D eigenvalue weighted by Gasteiger charge is -2.09. The first-order chi connectivity index (χ1) is 7.07. The first kappa shape index (κ1) is 10.6. The molecule has 1 saturated carbocycles. The summed E-state index contributed by atoms with van der Waals surface area (Å²) in [5, 5.41) is 0. The van der Waals surface area contributed by atoms with E-state index in [4.69, 9.17) is 10.5 Å². The molecule has 0 aromatic heterocycles. The predicted molar refractivity (Wildman–Crippen MR) is 61.2 cm³/mol. The highest BCUT2D eigenvalue weighted by Crippen LogP contribution is 2.36. The standard InChI is InChI=1S/C11H12BrNO2/c1-15-9-3-2-7(6-8(9)12)10(14)11(13)4-5-11/h2-3,6H,4-5,13H2,1H3. The summed E-state index contributed by atoms with van der Waals surface area (Å²) in [6, 6.07) is 5.27. The smallest absolute Gasteiger partial charge is 0.182 e. The van der Waals surface area contributed by atoms with Gasteiger partial charge in [-0.15, -0.1) is 0 Å². The summed E-state index contributed by atoms with van der Waals surface area (Å²) >= 11 is 3.34. The van der Waals surface area contributed by atoms with E-state index < -0.39 is 5.54 Å². The quantitative estimate of drug-likeness (QED) is 0.856. The van der Waals surface area contributed by atoms with Gasteiger partial charge in [-0.25, -0.2) is 0 Å². The lowest BCUT2D eigenvalue weighted by Crippen LogP contribution is -2.32. The molecular weight excluding hydrogens is 258 g/mol. The van der Waals surface area contributed by atoms with Gasteiger partial charge in [-0.1, -0.05) is 0 Å². The number of ether oxygens (including phenoxy) is 1. The molecule has 0 atom stereocenters. The Bertz CT molecular complexity index is 413. The number of halogens is 1. The number of carbonyl (C=O) groups is 1. The zero-order chi connectivity index (χ0) is 11.1. The van der Waals surface area contributed by atoms with Crippen LogP contribution in [0.25, 0.3) is 0 Å². The molecule has 1 fully saturated rings. The zero-order valence-corrected chi connectivity index (χ0v) is 10.0. The lowest BCUT2D eigenvalue weighted by molar-refractivity contribution is 0.0949. The monoisotopic (exact) mass is 269 g/mol. The van der Waals surface area contributed by atoms with Gasteiger partial charge in [0.25, 0.3) is 0 Å². The Morgan fingerprint density at radius 3 is 2.67 bits per heavy atom. The molecule has 0 radical (unpaired) electrons. The molecule has 0 unspecified atom stereocenters. The number of hydrogen-bond acceptors (Lipinski definition) is 3. The van der Waals surface area contributed by atoms with E-state index in [0.717, 1.165) is 17.3 Å². The Morgan fingerprint density at radius 1 is 1.53 bits per heavy atom. The Labute approximate surface area is 96.7 Å². The predicted octanol–water partition coefficient (Wildman–Crippen LogP) is 2.13. The van der Waals surface area contributed by atoms with Crippen molar-refractivity contribution in [1.82, 2.24) is 0 Å².